The van der Waals surface area contributed by atoms with Crippen molar-refractivity contribution in [2.75, 3.05) is 24.3 Å². The molecule has 3 rings (SSSR count). The van der Waals surface area contributed by atoms with E-state index in [9.17, 15) is 22.8 Å². The standard InChI is InChI=1S/C18H17N3O6S/c1-11(22)19-14-8-7-12(27-2)9-15(14)20-17(23)10-21-18(24)13-5-3-4-6-16(13)28(21,25)26/h3-9H,10H2,1-2H3,(H,19,22)(H,20,23). The van der Waals surface area contributed by atoms with E-state index in [1.807, 2.05) is 0 Å². The zero-order chi connectivity index (χ0) is 20.5. The molecule has 0 unspecified atom stereocenters. The van der Waals surface area contributed by atoms with Crippen LogP contribution in [0.25, 0.3) is 0 Å². The van der Waals surface area contributed by atoms with E-state index in [0.717, 1.165) is 0 Å². The molecule has 28 heavy (non-hydrogen) atoms. The Hall–Kier alpha value is -3.40. The van der Waals surface area contributed by atoms with Crippen molar-refractivity contribution in [3.05, 3.63) is 48.0 Å². The van der Waals surface area contributed by atoms with Crippen LogP contribution in [0.15, 0.2) is 47.4 Å². The predicted octanol–water partition coefficient (Wildman–Crippen LogP) is 1.44. The minimum absolute atomic E-state index is 0.0237. The molecule has 0 saturated heterocycles. The number of carbonyl (C=O) groups is 3. The van der Waals surface area contributed by atoms with E-state index in [4.69, 9.17) is 4.74 Å². The van der Waals surface area contributed by atoms with Crippen molar-refractivity contribution >= 4 is 39.1 Å². The SMILES string of the molecule is COc1ccc(NC(C)=O)c(NC(=O)CN2C(=O)c3ccccc3S2(=O)=O)c1. The van der Waals surface area contributed by atoms with Crippen molar-refractivity contribution in [2.45, 2.75) is 11.8 Å². The molecule has 0 atom stereocenters. The third-order valence-corrected chi connectivity index (χ3v) is 5.80. The highest BCUT2D eigenvalue weighted by molar-refractivity contribution is 7.90. The lowest BCUT2D eigenvalue weighted by Gasteiger charge is -2.17. The van der Waals surface area contributed by atoms with Gasteiger partial charge in [0.25, 0.3) is 15.9 Å². The molecular weight excluding hydrogens is 386 g/mol. The third-order valence-electron chi connectivity index (χ3n) is 4.01. The first-order valence-corrected chi connectivity index (χ1v) is 9.59. The third kappa shape index (κ3) is 3.54. The Bertz CT molecular complexity index is 1080. The number of hydrogen-bond donors (Lipinski definition) is 2. The summed E-state index contributed by atoms with van der Waals surface area (Å²) in [7, 11) is -2.66. The maximum absolute atomic E-state index is 12.5. The summed E-state index contributed by atoms with van der Waals surface area (Å²) >= 11 is 0. The van der Waals surface area contributed by atoms with Crippen molar-refractivity contribution < 1.29 is 27.5 Å². The van der Waals surface area contributed by atoms with Crippen LogP contribution in [-0.2, 0) is 19.6 Å². The van der Waals surface area contributed by atoms with Crippen LogP contribution < -0.4 is 15.4 Å². The highest BCUT2D eigenvalue weighted by Gasteiger charge is 2.41. The van der Waals surface area contributed by atoms with Gasteiger partial charge in [0.15, 0.2) is 0 Å². The van der Waals surface area contributed by atoms with E-state index in [1.54, 1.807) is 12.1 Å². The molecule has 3 amide bonds. The summed E-state index contributed by atoms with van der Waals surface area (Å²) in [5.74, 6) is -1.45. The van der Waals surface area contributed by atoms with Gasteiger partial charge in [-0.1, -0.05) is 12.1 Å². The van der Waals surface area contributed by atoms with Gasteiger partial charge in [0.1, 0.15) is 17.2 Å². The topological polar surface area (TPSA) is 122 Å². The fourth-order valence-corrected chi connectivity index (χ4v) is 4.28. The number of hydrogen-bond acceptors (Lipinski definition) is 6. The first-order chi connectivity index (χ1) is 13.2. The first-order valence-electron chi connectivity index (χ1n) is 8.15. The Morgan fingerprint density at radius 1 is 1.07 bits per heavy atom. The second kappa shape index (κ2) is 7.31. The first kappa shape index (κ1) is 19.4. The van der Waals surface area contributed by atoms with Crippen LogP contribution in [0.5, 0.6) is 5.75 Å². The van der Waals surface area contributed by atoms with Crippen molar-refractivity contribution in [3.8, 4) is 5.75 Å². The minimum atomic E-state index is -4.10. The van der Waals surface area contributed by atoms with E-state index in [1.165, 1.54) is 44.4 Å². The van der Waals surface area contributed by atoms with Gasteiger partial charge < -0.3 is 15.4 Å². The van der Waals surface area contributed by atoms with Gasteiger partial charge in [-0.25, -0.2) is 12.7 Å². The van der Waals surface area contributed by atoms with E-state index in [0.29, 0.717) is 15.7 Å². The van der Waals surface area contributed by atoms with Crippen LogP contribution in [0.2, 0.25) is 0 Å². The molecule has 146 valence electrons. The number of nitrogens with zero attached hydrogens (tertiary/aromatic N) is 1. The number of carbonyl (C=O) groups excluding carboxylic acids is 3. The molecule has 2 aromatic rings. The lowest BCUT2D eigenvalue weighted by Crippen LogP contribution is -2.37. The molecule has 0 radical (unpaired) electrons. The largest absolute Gasteiger partial charge is 0.497 e. The number of amides is 3. The summed E-state index contributed by atoms with van der Waals surface area (Å²) in [6.45, 7) is 0.606. The van der Waals surface area contributed by atoms with Crippen molar-refractivity contribution in [1.82, 2.24) is 4.31 Å². The second-order valence-electron chi connectivity index (χ2n) is 5.95. The number of nitrogens with one attached hydrogen (secondary N) is 2. The average molecular weight is 403 g/mol. The Morgan fingerprint density at radius 3 is 2.43 bits per heavy atom. The van der Waals surface area contributed by atoms with Crippen LogP contribution in [0.3, 0.4) is 0 Å². The summed E-state index contributed by atoms with van der Waals surface area (Å²) in [5.41, 5.74) is 0.539. The van der Waals surface area contributed by atoms with Gasteiger partial charge in [-0.05, 0) is 24.3 Å². The number of anilines is 2. The molecular formula is C18H17N3O6S. The monoisotopic (exact) mass is 403 g/mol. The Labute approximate surface area is 161 Å². The quantitative estimate of drug-likeness (QED) is 0.779. The highest BCUT2D eigenvalue weighted by atomic mass is 32.2. The number of benzene rings is 2. The average Bonchev–Trinajstić information content (AvgIpc) is 2.84. The van der Waals surface area contributed by atoms with Gasteiger partial charge in [0, 0.05) is 13.0 Å². The van der Waals surface area contributed by atoms with Gasteiger partial charge in [-0.15, -0.1) is 0 Å². The number of ether oxygens (including phenoxy) is 1. The fraction of sp³-hybridized carbons (Fsp3) is 0.167. The highest BCUT2D eigenvalue weighted by Crippen LogP contribution is 2.30. The normalized spacial score (nSPS) is 14.4. The van der Waals surface area contributed by atoms with Gasteiger partial charge in [-0.2, -0.15) is 0 Å². The maximum Gasteiger partial charge on any atom is 0.269 e. The molecule has 0 spiro atoms. The number of methoxy groups -OCH3 is 1. The summed E-state index contributed by atoms with van der Waals surface area (Å²) in [6, 6.07) is 10.4. The Balaban J connectivity index is 1.84. The van der Waals surface area contributed by atoms with Crippen LogP contribution in [-0.4, -0.2) is 44.1 Å². The predicted molar refractivity (Wildman–Crippen MR) is 101 cm³/mol. The number of rotatable bonds is 5. The molecule has 0 aliphatic carbocycles. The molecule has 9 nitrogen and oxygen atoms in total. The van der Waals surface area contributed by atoms with Crippen LogP contribution in [0, 0.1) is 0 Å². The van der Waals surface area contributed by atoms with Crippen LogP contribution in [0.4, 0.5) is 11.4 Å². The summed E-state index contributed by atoms with van der Waals surface area (Å²) < 4.78 is 30.7. The number of fused-ring (bicyclic) bond motifs is 1. The Morgan fingerprint density at radius 2 is 1.79 bits per heavy atom. The van der Waals surface area contributed by atoms with Gasteiger partial charge in [-0.3, -0.25) is 14.4 Å². The maximum atomic E-state index is 12.5. The molecule has 0 aromatic heterocycles. The van der Waals surface area contributed by atoms with Gasteiger partial charge in [0.05, 0.1) is 24.0 Å². The lowest BCUT2D eigenvalue weighted by molar-refractivity contribution is -0.116. The van der Waals surface area contributed by atoms with E-state index >= 15 is 0 Å². The van der Waals surface area contributed by atoms with E-state index in [2.05, 4.69) is 10.6 Å². The Kier molecular flexibility index (Phi) is 5.06. The molecule has 1 heterocycles. The van der Waals surface area contributed by atoms with E-state index < -0.39 is 28.4 Å². The van der Waals surface area contributed by atoms with E-state index in [-0.39, 0.29) is 22.1 Å². The minimum Gasteiger partial charge on any atom is -0.497 e. The molecule has 10 heteroatoms. The zero-order valence-electron chi connectivity index (χ0n) is 15.1. The number of sulfonamides is 1. The van der Waals surface area contributed by atoms with Crippen LogP contribution >= 0.6 is 0 Å². The van der Waals surface area contributed by atoms with Crippen molar-refractivity contribution in [3.63, 3.8) is 0 Å². The summed E-state index contributed by atoms with van der Waals surface area (Å²) in [6.07, 6.45) is 0. The molecule has 0 bridgehead atoms. The molecule has 2 N–H and O–H groups in total. The smallest absolute Gasteiger partial charge is 0.269 e. The van der Waals surface area contributed by atoms with Crippen molar-refractivity contribution in [2.24, 2.45) is 0 Å². The zero-order valence-corrected chi connectivity index (χ0v) is 15.9. The van der Waals surface area contributed by atoms with Crippen molar-refractivity contribution in [1.29, 1.82) is 0 Å². The molecule has 0 saturated carbocycles. The summed E-state index contributed by atoms with van der Waals surface area (Å²) in [4.78, 5) is 36.1. The lowest BCUT2D eigenvalue weighted by atomic mass is 10.2. The molecule has 1 aliphatic heterocycles. The summed E-state index contributed by atoms with van der Waals surface area (Å²) in [5, 5.41) is 5.07. The van der Waals surface area contributed by atoms with Crippen LogP contribution in [0.1, 0.15) is 17.3 Å². The van der Waals surface area contributed by atoms with Gasteiger partial charge in [0.2, 0.25) is 11.8 Å². The molecule has 2 aromatic carbocycles. The fourth-order valence-electron chi connectivity index (χ4n) is 2.76. The second-order valence-corrected chi connectivity index (χ2v) is 7.78. The molecule has 0 fully saturated rings. The van der Waals surface area contributed by atoms with Gasteiger partial charge >= 0.3 is 0 Å². The molecule has 1 aliphatic rings.